The van der Waals surface area contributed by atoms with Gasteiger partial charge in [-0.1, -0.05) is 43.2 Å². The molecule has 5 nitrogen and oxygen atoms in total. The summed E-state index contributed by atoms with van der Waals surface area (Å²) < 4.78 is 0. The molecule has 0 radical (unpaired) electrons. The van der Waals surface area contributed by atoms with Gasteiger partial charge in [0, 0.05) is 18.3 Å². The van der Waals surface area contributed by atoms with Crippen LogP contribution in [0.15, 0.2) is 35.7 Å². The quantitative estimate of drug-likeness (QED) is 0.844. The number of aromatic nitrogens is 1. The molecule has 24 heavy (non-hydrogen) atoms. The van der Waals surface area contributed by atoms with Crippen molar-refractivity contribution in [3.05, 3.63) is 52.0 Å². The molecule has 0 bridgehead atoms. The van der Waals surface area contributed by atoms with Crippen molar-refractivity contribution in [2.45, 2.75) is 37.5 Å². The van der Waals surface area contributed by atoms with Crippen molar-refractivity contribution >= 4 is 23.2 Å². The Balaban J connectivity index is 1.63. The average Bonchev–Trinajstić information content (AvgIpc) is 3.26. The van der Waals surface area contributed by atoms with Gasteiger partial charge in [0.2, 0.25) is 5.91 Å². The first-order chi connectivity index (χ1) is 11.6. The van der Waals surface area contributed by atoms with E-state index >= 15 is 0 Å². The van der Waals surface area contributed by atoms with Crippen LogP contribution in [0.1, 0.15) is 46.7 Å². The Bertz CT molecular complexity index is 721. The Morgan fingerprint density at radius 3 is 2.54 bits per heavy atom. The number of benzene rings is 1. The molecule has 1 fully saturated rings. The molecule has 2 N–H and O–H groups in total. The monoisotopic (exact) mass is 344 g/mol. The topological polar surface area (TPSA) is 79.3 Å². The Morgan fingerprint density at radius 1 is 1.21 bits per heavy atom. The minimum atomic E-state index is -1.02. The van der Waals surface area contributed by atoms with Gasteiger partial charge in [-0.2, -0.15) is 0 Å². The van der Waals surface area contributed by atoms with E-state index in [2.05, 4.69) is 10.3 Å². The second-order valence-electron chi connectivity index (χ2n) is 6.09. The fourth-order valence-electron chi connectivity index (χ4n) is 3.36. The number of rotatable bonds is 6. The van der Waals surface area contributed by atoms with Gasteiger partial charge in [0.1, 0.15) is 0 Å². The lowest BCUT2D eigenvalue weighted by atomic mass is 9.78. The summed E-state index contributed by atoms with van der Waals surface area (Å²) in [5.41, 5.74) is 0.733. The summed E-state index contributed by atoms with van der Waals surface area (Å²) in [5, 5.41) is 14.2. The second-order valence-corrected chi connectivity index (χ2v) is 7.04. The first-order valence-electron chi connectivity index (χ1n) is 8.13. The van der Waals surface area contributed by atoms with Crippen LogP contribution in [0.4, 0.5) is 0 Å². The molecule has 2 aromatic rings. The van der Waals surface area contributed by atoms with Crippen molar-refractivity contribution < 1.29 is 14.7 Å². The smallest absolute Gasteiger partial charge is 0.355 e. The van der Waals surface area contributed by atoms with Crippen LogP contribution in [0.25, 0.3) is 0 Å². The van der Waals surface area contributed by atoms with E-state index in [1.165, 1.54) is 16.7 Å². The number of carbonyl (C=O) groups is 2. The zero-order chi connectivity index (χ0) is 17.0. The highest BCUT2D eigenvalue weighted by Gasteiger charge is 2.42. The van der Waals surface area contributed by atoms with Gasteiger partial charge in [-0.05, 0) is 18.4 Å². The molecular formula is C18H20N2O3S. The van der Waals surface area contributed by atoms with Gasteiger partial charge in [0.15, 0.2) is 5.69 Å². The Kier molecular flexibility index (Phi) is 4.94. The fourth-order valence-corrected chi connectivity index (χ4v) is 4.13. The lowest BCUT2D eigenvalue weighted by Crippen LogP contribution is -2.43. The minimum Gasteiger partial charge on any atom is -0.476 e. The highest BCUT2D eigenvalue weighted by Crippen LogP contribution is 2.41. The predicted octanol–water partition coefficient (Wildman–Crippen LogP) is 3.01. The summed E-state index contributed by atoms with van der Waals surface area (Å²) >= 11 is 1.31. The molecule has 0 atom stereocenters. The van der Waals surface area contributed by atoms with E-state index in [0.29, 0.717) is 13.0 Å². The number of nitrogens with one attached hydrogen (secondary N) is 1. The maximum atomic E-state index is 12.8. The van der Waals surface area contributed by atoms with Crippen molar-refractivity contribution in [3.8, 4) is 0 Å². The number of hydrogen-bond donors (Lipinski definition) is 2. The van der Waals surface area contributed by atoms with Gasteiger partial charge in [0.25, 0.3) is 0 Å². The largest absolute Gasteiger partial charge is 0.476 e. The van der Waals surface area contributed by atoms with Crippen LogP contribution in [0, 0.1) is 0 Å². The van der Waals surface area contributed by atoms with E-state index in [9.17, 15) is 9.59 Å². The highest BCUT2D eigenvalue weighted by atomic mass is 32.1. The molecule has 3 rings (SSSR count). The lowest BCUT2D eigenvalue weighted by molar-refractivity contribution is -0.126. The third-order valence-corrected chi connectivity index (χ3v) is 5.52. The molecule has 6 heteroatoms. The Hall–Kier alpha value is -2.21. The summed E-state index contributed by atoms with van der Waals surface area (Å²) in [7, 11) is 0. The number of hydrogen-bond acceptors (Lipinski definition) is 4. The molecule has 1 aliphatic rings. The molecule has 0 spiro atoms. The van der Waals surface area contributed by atoms with Crippen LogP contribution in [-0.2, 0) is 16.6 Å². The minimum absolute atomic E-state index is 0.0675. The first-order valence-corrected chi connectivity index (χ1v) is 9.01. The van der Waals surface area contributed by atoms with Crippen molar-refractivity contribution in [2.75, 3.05) is 6.54 Å². The number of carboxylic acids is 1. The van der Waals surface area contributed by atoms with Gasteiger partial charge in [-0.3, -0.25) is 4.79 Å². The second kappa shape index (κ2) is 7.13. The molecule has 1 aromatic heterocycles. The van der Waals surface area contributed by atoms with Gasteiger partial charge < -0.3 is 10.4 Å². The van der Waals surface area contributed by atoms with Crippen LogP contribution in [0.3, 0.4) is 0 Å². The zero-order valence-corrected chi connectivity index (χ0v) is 14.1. The SMILES string of the molecule is O=C(O)c1csc(CCNC(=O)C2(c3ccccc3)CCCC2)n1. The predicted molar refractivity (Wildman–Crippen MR) is 92.4 cm³/mol. The number of nitrogens with zero attached hydrogens (tertiary/aromatic N) is 1. The summed E-state index contributed by atoms with van der Waals surface area (Å²) in [4.78, 5) is 27.7. The third kappa shape index (κ3) is 3.33. The van der Waals surface area contributed by atoms with E-state index in [1.807, 2.05) is 30.3 Å². The van der Waals surface area contributed by atoms with E-state index in [1.54, 1.807) is 0 Å². The van der Waals surface area contributed by atoms with Crippen molar-refractivity contribution in [3.63, 3.8) is 0 Å². The number of thiazole rings is 1. The standard InChI is InChI=1S/C18H20N2O3S/c21-16(22)14-12-24-15(20-14)8-11-19-17(23)18(9-4-5-10-18)13-6-2-1-3-7-13/h1-3,6-7,12H,4-5,8-11H2,(H,19,23)(H,21,22). The third-order valence-electron chi connectivity index (χ3n) is 4.61. The fraction of sp³-hybridized carbons (Fsp3) is 0.389. The van der Waals surface area contributed by atoms with E-state index in [0.717, 1.165) is 36.3 Å². The van der Waals surface area contributed by atoms with Crippen molar-refractivity contribution in [1.29, 1.82) is 0 Å². The molecule has 0 aliphatic heterocycles. The van der Waals surface area contributed by atoms with Gasteiger partial charge >= 0.3 is 5.97 Å². The van der Waals surface area contributed by atoms with Gasteiger partial charge in [-0.25, -0.2) is 9.78 Å². The van der Waals surface area contributed by atoms with Crippen molar-refractivity contribution in [2.24, 2.45) is 0 Å². The van der Waals surface area contributed by atoms with Crippen LogP contribution in [0.5, 0.6) is 0 Å². The number of carbonyl (C=O) groups excluding carboxylic acids is 1. The van der Waals surface area contributed by atoms with E-state index in [4.69, 9.17) is 5.11 Å². The van der Waals surface area contributed by atoms with E-state index in [-0.39, 0.29) is 11.6 Å². The Labute approximate surface area is 144 Å². The Morgan fingerprint density at radius 2 is 1.92 bits per heavy atom. The maximum Gasteiger partial charge on any atom is 0.355 e. The number of aromatic carboxylic acids is 1. The summed E-state index contributed by atoms with van der Waals surface area (Å²) in [6, 6.07) is 9.99. The average molecular weight is 344 g/mol. The zero-order valence-electron chi connectivity index (χ0n) is 13.3. The van der Waals surface area contributed by atoms with Crippen LogP contribution in [-0.4, -0.2) is 28.5 Å². The molecule has 1 heterocycles. The van der Waals surface area contributed by atoms with E-state index < -0.39 is 11.4 Å². The molecule has 1 aliphatic carbocycles. The maximum absolute atomic E-state index is 12.8. The molecule has 1 aromatic carbocycles. The molecule has 0 unspecified atom stereocenters. The normalized spacial score (nSPS) is 16.0. The van der Waals surface area contributed by atoms with Gasteiger partial charge in [0.05, 0.1) is 10.4 Å². The molecule has 126 valence electrons. The molecule has 1 saturated carbocycles. The summed E-state index contributed by atoms with van der Waals surface area (Å²) in [5.74, 6) is -0.947. The van der Waals surface area contributed by atoms with Crippen LogP contribution < -0.4 is 5.32 Å². The summed E-state index contributed by atoms with van der Waals surface area (Å²) in [6.45, 7) is 0.472. The van der Waals surface area contributed by atoms with Crippen LogP contribution in [0.2, 0.25) is 0 Å². The van der Waals surface area contributed by atoms with Crippen LogP contribution >= 0.6 is 11.3 Å². The highest BCUT2D eigenvalue weighted by molar-refractivity contribution is 7.09. The number of amides is 1. The van der Waals surface area contributed by atoms with Crippen molar-refractivity contribution in [1.82, 2.24) is 10.3 Å². The molecule has 0 saturated heterocycles. The molecular weight excluding hydrogens is 324 g/mol. The first kappa shape index (κ1) is 16.6. The lowest BCUT2D eigenvalue weighted by Gasteiger charge is -2.28. The number of carboxylic acid groups (broad SMARTS) is 1. The summed E-state index contributed by atoms with van der Waals surface area (Å²) in [6.07, 6.45) is 4.44. The van der Waals surface area contributed by atoms with Gasteiger partial charge in [-0.15, -0.1) is 11.3 Å². The molecule has 1 amide bonds.